The summed E-state index contributed by atoms with van der Waals surface area (Å²) in [6, 6.07) is 9.68. The number of hydrogen-bond acceptors (Lipinski definition) is 3. The van der Waals surface area contributed by atoms with Crippen LogP contribution in [0, 0.1) is 0 Å². The van der Waals surface area contributed by atoms with Crippen LogP contribution in [-0.4, -0.2) is 9.13 Å². The highest BCUT2D eigenvalue weighted by Gasteiger charge is 2.14. The first-order valence-corrected chi connectivity index (χ1v) is 6.96. The number of benzene rings is 1. The smallest absolute Gasteiger partial charge is 0.331 e. The SMILES string of the molecule is CCCn1c(=O)c2cocc2n(Cc2ccccc2)c1=O. The van der Waals surface area contributed by atoms with Gasteiger partial charge in [0.25, 0.3) is 5.56 Å². The predicted molar refractivity (Wildman–Crippen MR) is 80.6 cm³/mol. The third kappa shape index (κ3) is 2.31. The van der Waals surface area contributed by atoms with Gasteiger partial charge in [0.05, 0.1) is 12.1 Å². The van der Waals surface area contributed by atoms with E-state index in [1.165, 1.54) is 17.1 Å². The number of nitrogens with zero attached hydrogens (tertiary/aromatic N) is 2. The van der Waals surface area contributed by atoms with E-state index < -0.39 is 0 Å². The van der Waals surface area contributed by atoms with E-state index in [1.807, 2.05) is 37.3 Å². The fraction of sp³-hybridized carbons (Fsp3) is 0.250. The van der Waals surface area contributed by atoms with Gasteiger partial charge in [-0.2, -0.15) is 0 Å². The number of fused-ring (bicyclic) bond motifs is 1. The summed E-state index contributed by atoms with van der Waals surface area (Å²) in [6.07, 6.45) is 3.59. The van der Waals surface area contributed by atoms with Crippen LogP contribution in [0.3, 0.4) is 0 Å². The lowest BCUT2D eigenvalue weighted by Gasteiger charge is -2.11. The molecule has 0 spiro atoms. The molecule has 0 bridgehead atoms. The summed E-state index contributed by atoms with van der Waals surface area (Å²) in [5.41, 5.74) is 0.972. The first kappa shape index (κ1) is 13.4. The van der Waals surface area contributed by atoms with Crippen LogP contribution in [-0.2, 0) is 13.1 Å². The molecule has 0 N–H and O–H groups in total. The van der Waals surface area contributed by atoms with E-state index in [0.717, 1.165) is 12.0 Å². The van der Waals surface area contributed by atoms with Gasteiger partial charge in [-0.05, 0) is 12.0 Å². The third-order valence-electron chi connectivity index (χ3n) is 3.50. The van der Waals surface area contributed by atoms with E-state index >= 15 is 0 Å². The lowest BCUT2D eigenvalue weighted by Crippen LogP contribution is -2.39. The van der Waals surface area contributed by atoms with Crippen LogP contribution in [0.2, 0.25) is 0 Å². The van der Waals surface area contributed by atoms with Crippen molar-refractivity contribution in [2.45, 2.75) is 26.4 Å². The Balaban J connectivity index is 2.24. The zero-order valence-electron chi connectivity index (χ0n) is 11.8. The largest absolute Gasteiger partial charge is 0.470 e. The topological polar surface area (TPSA) is 57.1 Å². The molecule has 2 aromatic heterocycles. The molecular weight excluding hydrogens is 268 g/mol. The van der Waals surface area contributed by atoms with E-state index in [2.05, 4.69) is 0 Å². The number of aromatic nitrogens is 2. The molecule has 0 radical (unpaired) electrons. The first-order valence-electron chi connectivity index (χ1n) is 6.96. The number of hydrogen-bond donors (Lipinski definition) is 0. The lowest BCUT2D eigenvalue weighted by molar-refractivity contribution is 0.568. The van der Waals surface area contributed by atoms with Gasteiger partial charge in [-0.3, -0.25) is 13.9 Å². The molecule has 0 atom stereocenters. The van der Waals surface area contributed by atoms with Crippen LogP contribution in [0.5, 0.6) is 0 Å². The molecule has 0 aliphatic carbocycles. The molecule has 0 aliphatic rings. The molecule has 21 heavy (non-hydrogen) atoms. The van der Waals surface area contributed by atoms with Crippen molar-refractivity contribution in [3.05, 3.63) is 69.3 Å². The second kappa shape index (κ2) is 5.44. The fourth-order valence-electron chi connectivity index (χ4n) is 2.48. The van der Waals surface area contributed by atoms with E-state index in [1.54, 1.807) is 4.57 Å². The Morgan fingerprint density at radius 2 is 1.81 bits per heavy atom. The highest BCUT2D eigenvalue weighted by atomic mass is 16.3. The lowest BCUT2D eigenvalue weighted by atomic mass is 10.2. The van der Waals surface area contributed by atoms with Gasteiger partial charge in [0.2, 0.25) is 0 Å². The minimum Gasteiger partial charge on any atom is -0.470 e. The van der Waals surface area contributed by atoms with Gasteiger partial charge in [-0.25, -0.2) is 4.79 Å². The Kier molecular flexibility index (Phi) is 3.48. The van der Waals surface area contributed by atoms with Gasteiger partial charge >= 0.3 is 5.69 Å². The molecule has 0 saturated heterocycles. The van der Waals surface area contributed by atoms with Gasteiger partial charge < -0.3 is 4.42 Å². The Morgan fingerprint density at radius 1 is 1.05 bits per heavy atom. The average Bonchev–Trinajstić information content (AvgIpc) is 2.99. The molecule has 0 amide bonds. The maximum atomic E-state index is 12.6. The number of furan rings is 1. The third-order valence-corrected chi connectivity index (χ3v) is 3.50. The molecule has 0 saturated carbocycles. The summed E-state index contributed by atoms with van der Waals surface area (Å²) in [5.74, 6) is 0. The molecular formula is C16H16N2O3. The Morgan fingerprint density at radius 3 is 2.52 bits per heavy atom. The van der Waals surface area contributed by atoms with E-state index in [4.69, 9.17) is 4.42 Å². The monoisotopic (exact) mass is 284 g/mol. The van der Waals surface area contributed by atoms with Crippen LogP contribution in [0.15, 0.2) is 56.9 Å². The summed E-state index contributed by atoms with van der Waals surface area (Å²) in [5, 5.41) is 0.444. The van der Waals surface area contributed by atoms with Crippen molar-refractivity contribution in [1.82, 2.24) is 9.13 Å². The van der Waals surface area contributed by atoms with Gasteiger partial charge in [0.15, 0.2) is 0 Å². The Hall–Kier alpha value is -2.56. The Bertz CT molecular complexity index is 872. The quantitative estimate of drug-likeness (QED) is 0.738. The summed E-state index contributed by atoms with van der Waals surface area (Å²) in [4.78, 5) is 24.9. The van der Waals surface area contributed by atoms with E-state index in [9.17, 15) is 9.59 Å². The van der Waals surface area contributed by atoms with Crippen LogP contribution in [0.25, 0.3) is 10.9 Å². The molecule has 3 rings (SSSR count). The molecule has 2 heterocycles. The van der Waals surface area contributed by atoms with Crippen molar-refractivity contribution in [2.24, 2.45) is 0 Å². The van der Waals surface area contributed by atoms with Crippen molar-refractivity contribution in [3.63, 3.8) is 0 Å². The van der Waals surface area contributed by atoms with E-state index in [-0.39, 0.29) is 11.2 Å². The summed E-state index contributed by atoms with van der Waals surface area (Å²) in [7, 11) is 0. The zero-order chi connectivity index (χ0) is 14.8. The molecule has 0 fully saturated rings. The fourth-order valence-corrected chi connectivity index (χ4v) is 2.48. The predicted octanol–water partition coefficient (Wildman–Crippen LogP) is 2.21. The van der Waals surface area contributed by atoms with E-state index in [0.29, 0.717) is 24.0 Å². The molecule has 0 unspecified atom stereocenters. The molecule has 5 nitrogen and oxygen atoms in total. The molecule has 3 aromatic rings. The van der Waals surface area contributed by atoms with Gasteiger partial charge in [-0.1, -0.05) is 37.3 Å². The minimum atomic E-state index is -0.292. The van der Waals surface area contributed by atoms with Crippen molar-refractivity contribution in [3.8, 4) is 0 Å². The maximum Gasteiger partial charge on any atom is 0.331 e. The highest BCUT2D eigenvalue weighted by molar-refractivity contribution is 5.76. The molecule has 5 heteroatoms. The second-order valence-electron chi connectivity index (χ2n) is 4.98. The summed E-state index contributed by atoms with van der Waals surface area (Å²) in [6.45, 7) is 2.76. The van der Waals surface area contributed by atoms with Crippen molar-refractivity contribution < 1.29 is 4.42 Å². The highest BCUT2D eigenvalue weighted by Crippen LogP contribution is 2.11. The van der Waals surface area contributed by atoms with Gasteiger partial charge in [0, 0.05) is 6.54 Å². The van der Waals surface area contributed by atoms with Crippen LogP contribution < -0.4 is 11.2 Å². The molecule has 108 valence electrons. The average molecular weight is 284 g/mol. The zero-order valence-corrected chi connectivity index (χ0v) is 11.8. The first-order chi connectivity index (χ1) is 10.2. The standard InChI is InChI=1S/C16H16N2O3/c1-2-8-17-15(19)13-10-21-11-14(13)18(16(17)20)9-12-6-4-3-5-7-12/h3-7,10-11H,2,8-9H2,1H3. The van der Waals surface area contributed by atoms with Gasteiger partial charge in [0.1, 0.15) is 17.9 Å². The summed E-state index contributed by atoms with van der Waals surface area (Å²) >= 11 is 0. The van der Waals surface area contributed by atoms with Crippen molar-refractivity contribution in [2.75, 3.05) is 0 Å². The Labute approximate surface area is 121 Å². The summed E-state index contributed by atoms with van der Waals surface area (Å²) < 4.78 is 8.01. The maximum absolute atomic E-state index is 12.6. The van der Waals surface area contributed by atoms with Gasteiger partial charge in [-0.15, -0.1) is 0 Å². The number of rotatable bonds is 4. The van der Waals surface area contributed by atoms with Crippen molar-refractivity contribution >= 4 is 10.9 Å². The second-order valence-corrected chi connectivity index (χ2v) is 4.98. The minimum absolute atomic E-state index is 0.282. The molecule has 1 aromatic carbocycles. The van der Waals surface area contributed by atoms with Crippen LogP contribution in [0.1, 0.15) is 18.9 Å². The van der Waals surface area contributed by atoms with Crippen molar-refractivity contribution in [1.29, 1.82) is 0 Å². The normalized spacial score (nSPS) is 11.1. The molecule has 0 aliphatic heterocycles. The van der Waals surface area contributed by atoms with Crippen LogP contribution in [0.4, 0.5) is 0 Å². The van der Waals surface area contributed by atoms with Crippen LogP contribution >= 0.6 is 0 Å².